The number of methoxy groups -OCH3 is 1. The van der Waals surface area contributed by atoms with E-state index >= 15 is 0 Å². The third-order valence-corrected chi connectivity index (χ3v) is 5.08. The van der Waals surface area contributed by atoms with E-state index in [1.165, 1.54) is 6.34 Å². The van der Waals surface area contributed by atoms with E-state index in [1.807, 2.05) is 44.3 Å². The first-order valence-electron chi connectivity index (χ1n) is 8.89. The standard InChI is InChI=1S/C21H31ClN2O2/c1-17(15-18-9-11-19(22)12-10-18)21(25,20(2,3)26-5)13-7-6-8-14-24-16-23-4/h9-12,14,16,25H,1,6-8,13,15H2,2-5H3. The molecule has 1 atom stereocenters. The zero-order valence-corrected chi connectivity index (χ0v) is 17.1. The summed E-state index contributed by atoms with van der Waals surface area (Å²) in [4.78, 5) is 7.86. The smallest absolute Gasteiger partial charge is 0.114 e. The maximum absolute atomic E-state index is 11.5. The Balaban J connectivity index is 2.78. The minimum absolute atomic E-state index is 0.578. The van der Waals surface area contributed by atoms with E-state index < -0.39 is 11.2 Å². The van der Waals surface area contributed by atoms with E-state index in [0.717, 1.165) is 30.4 Å². The number of aliphatic imine (C=N–C) groups is 2. The Morgan fingerprint density at radius 2 is 1.92 bits per heavy atom. The second-order valence-electron chi connectivity index (χ2n) is 6.93. The summed E-state index contributed by atoms with van der Waals surface area (Å²) in [6, 6.07) is 7.62. The maximum Gasteiger partial charge on any atom is 0.114 e. The molecule has 1 rings (SSSR count). The van der Waals surface area contributed by atoms with Crippen LogP contribution in [0.25, 0.3) is 0 Å². The summed E-state index contributed by atoms with van der Waals surface area (Å²) >= 11 is 5.95. The number of aliphatic hydroxyl groups is 1. The van der Waals surface area contributed by atoms with Crippen molar-refractivity contribution in [2.45, 2.75) is 57.2 Å². The highest BCUT2D eigenvalue weighted by atomic mass is 35.5. The molecular formula is C21H31ClN2O2. The molecule has 0 aliphatic carbocycles. The highest BCUT2D eigenvalue weighted by Crippen LogP contribution is 2.37. The lowest BCUT2D eigenvalue weighted by Crippen LogP contribution is -2.53. The van der Waals surface area contributed by atoms with Crippen molar-refractivity contribution in [3.05, 3.63) is 47.0 Å². The van der Waals surface area contributed by atoms with Crippen LogP contribution in [0.15, 0.2) is 46.4 Å². The van der Waals surface area contributed by atoms with Crippen LogP contribution in [0.4, 0.5) is 0 Å². The molecule has 0 aromatic heterocycles. The number of hydrogen-bond donors (Lipinski definition) is 1. The van der Waals surface area contributed by atoms with Gasteiger partial charge >= 0.3 is 0 Å². The van der Waals surface area contributed by atoms with Crippen LogP contribution in [0.3, 0.4) is 0 Å². The lowest BCUT2D eigenvalue weighted by atomic mass is 9.74. The topological polar surface area (TPSA) is 54.2 Å². The summed E-state index contributed by atoms with van der Waals surface area (Å²) in [7, 11) is 3.31. The van der Waals surface area contributed by atoms with Gasteiger partial charge in [-0.05, 0) is 69.2 Å². The molecule has 5 heteroatoms. The van der Waals surface area contributed by atoms with Crippen LogP contribution < -0.4 is 0 Å². The van der Waals surface area contributed by atoms with Crippen LogP contribution in [-0.2, 0) is 11.2 Å². The number of rotatable bonds is 11. The van der Waals surface area contributed by atoms with E-state index in [9.17, 15) is 5.11 Å². The Morgan fingerprint density at radius 3 is 2.50 bits per heavy atom. The van der Waals surface area contributed by atoms with Gasteiger partial charge in [0.25, 0.3) is 0 Å². The summed E-state index contributed by atoms with van der Waals surface area (Å²) < 4.78 is 5.62. The molecule has 1 aromatic rings. The molecule has 0 saturated heterocycles. The summed E-state index contributed by atoms with van der Waals surface area (Å²) in [5, 5.41) is 12.2. The second-order valence-corrected chi connectivity index (χ2v) is 7.37. The highest BCUT2D eigenvalue weighted by Gasteiger charge is 2.45. The molecule has 26 heavy (non-hydrogen) atoms. The number of unbranched alkanes of at least 4 members (excludes halogenated alkanes) is 2. The number of nitrogens with zero attached hydrogens (tertiary/aromatic N) is 2. The van der Waals surface area contributed by atoms with Gasteiger partial charge < -0.3 is 9.84 Å². The number of benzene rings is 1. The monoisotopic (exact) mass is 378 g/mol. The predicted molar refractivity (Wildman–Crippen MR) is 112 cm³/mol. The molecule has 1 N–H and O–H groups in total. The van der Waals surface area contributed by atoms with Crippen molar-refractivity contribution in [1.82, 2.24) is 0 Å². The second kappa shape index (κ2) is 10.6. The van der Waals surface area contributed by atoms with Gasteiger partial charge in [-0.2, -0.15) is 0 Å². The van der Waals surface area contributed by atoms with Crippen molar-refractivity contribution in [1.29, 1.82) is 0 Å². The maximum atomic E-state index is 11.5. The fraction of sp³-hybridized carbons (Fsp3) is 0.524. The zero-order chi connectivity index (χ0) is 19.6. The summed E-state index contributed by atoms with van der Waals surface area (Å²) in [5.74, 6) is 0. The Labute approximate surface area is 162 Å². The van der Waals surface area contributed by atoms with Crippen molar-refractivity contribution in [3.8, 4) is 0 Å². The summed E-state index contributed by atoms with van der Waals surface area (Å²) in [5.41, 5.74) is -0.0442. The molecule has 0 aliphatic heterocycles. The zero-order valence-electron chi connectivity index (χ0n) is 16.3. The van der Waals surface area contributed by atoms with Crippen molar-refractivity contribution in [2.75, 3.05) is 14.2 Å². The molecule has 0 bridgehead atoms. The Kier molecular flexibility index (Phi) is 9.20. The Morgan fingerprint density at radius 1 is 1.27 bits per heavy atom. The van der Waals surface area contributed by atoms with Gasteiger partial charge in [0.1, 0.15) is 11.9 Å². The molecule has 0 aliphatic rings. The molecule has 4 nitrogen and oxygen atoms in total. The molecule has 0 heterocycles. The Bertz CT molecular complexity index is 623. The van der Waals surface area contributed by atoms with Gasteiger partial charge in [-0.15, -0.1) is 0 Å². The highest BCUT2D eigenvalue weighted by molar-refractivity contribution is 6.30. The van der Waals surface area contributed by atoms with Crippen molar-refractivity contribution in [2.24, 2.45) is 9.98 Å². The van der Waals surface area contributed by atoms with Gasteiger partial charge in [-0.1, -0.05) is 30.3 Å². The molecule has 0 amide bonds. The van der Waals surface area contributed by atoms with Gasteiger partial charge in [-0.3, -0.25) is 4.99 Å². The predicted octanol–water partition coefficient (Wildman–Crippen LogP) is 4.88. The third-order valence-electron chi connectivity index (χ3n) is 4.83. The van der Waals surface area contributed by atoms with Gasteiger partial charge in [0.2, 0.25) is 0 Å². The average molecular weight is 379 g/mol. The van der Waals surface area contributed by atoms with E-state index in [2.05, 4.69) is 16.6 Å². The van der Waals surface area contributed by atoms with E-state index in [-0.39, 0.29) is 0 Å². The van der Waals surface area contributed by atoms with Crippen molar-refractivity contribution >= 4 is 24.2 Å². The lowest BCUT2D eigenvalue weighted by molar-refractivity contribution is -0.134. The largest absolute Gasteiger partial charge is 0.382 e. The summed E-state index contributed by atoms with van der Waals surface area (Å²) in [6.45, 7) is 8.00. The SMILES string of the molecule is C=C(Cc1ccc(Cl)cc1)C(O)(CCCCC=NC=NC)C(C)(C)OC. The van der Waals surface area contributed by atoms with Crippen molar-refractivity contribution < 1.29 is 9.84 Å². The van der Waals surface area contributed by atoms with Crippen molar-refractivity contribution in [3.63, 3.8) is 0 Å². The first-order chi connectivity index (χ1) is 12.3. The van der Waals surface area contributed by atoms with Crippen LogP contribution in [0.2, 0.25) is 5.02 Å². The van der Waals surface area contributed by atoms with Crippen LogP contribution >= 0.6 is 11.6 Å². The Hall–Kier alpha value is -1.49. The molecule has 1 unspecified atom stereocenters. The minimum Gasteiger partial charge on any atom is -0.382 e. The molecule has 0 radical (unpaired) electrons. The normalized spacial score (nSPS) is 14.8. The van der Waals surface area contributed by atoms with E-state index in [4.69, 9.17) is 16.3 Å². The van der Waals surface area contributed by atoms with Crippen LogP contribution in [0.5, 0.6) is 0 Å². The van der Waals surface area contributed by atoms with Gasteiger partial charge in [0.05, 0.1) is 5.60 Å². The van der Waals surface area contributed by atoms with Crippen LogP contribution in [0.1, 0.15) is 45.1 Å². The van der Waals surface area contributed by atoms with Gasteiger partial charge in [0.15, 0.2) is 0 Å². The molecule has 1 aromatic carbocycles. The lowest BCUT2D eigenvalue weighted by Gasteiger charge is -2.43. The average Bonchev–Trinajstić information content (AvgIpc) is 2.62. The van der Waals surface area contributed by atoms with Crippen LogP contribution in [-0.4, -0.2) is 43.0 Å². The van der Waals surface area contributed by atoms with Gasteiger partial charge in [-0.25, -0.2) is 4.99 Å². The minimum atomic E-state index is -1.12. The quantitative estimate of drug-likeness (QED) is 0.258. The number of ether oxygens (including phenoxy) is 1. The van der Waals surface area contributed by atoms with E-state index in [1.54, 1.807) is 14.2 Å². The fourth-order valence-electron chi connectivity index (χ4n) is 2.87. The van der Waals surface area contributed by atoms with Gasteiger partial charge in [0, 0.05) is 25.4 Å². The first-order valence-corrected chi connectivity index (χ1v) is 9.27. The first kappa shape index (κ1) is 22.6. The molecular weight excluding hydrogens is 348 g/mol. The molecule has 0 spiro atoms. The number of hydrogen-bond acceptors (Lipinski definition) is 3. The third kappa shape index (κ3) is 6.35. The van der Waals surface area contributed by atoms with Crippen LogP contribution in [0, 0.1) is 0 Å². The van der Waals surface area contributed by atoms with E-state index in [0.29, 0.717) is 17.9 Å². The number of halogens is 1. The fourth-order valence-corrected chi connectivity index (χ4v) is 3.00. The summed E-state index contributed by atoms with van der Waals surface area (Å²) in [6.07, 6.45) is 7.15. The molecule has 0 fully saturated rings. The molecule has 0 saturated carbocycles. The molecule has 144 valence electrons.